The highest BCUT2D eigenvalue weighted by atomic mass is 35.5. The van der Waals surface area contributed by atoms with Crippen molar-refractivity contribution in [3.63, 3.8) is 0 Å². The van der Waals surface area contributed by atoms with Gasteiger partial charge in [-0.1, -0.05) is 54.6 Å². The Balaban J connectivity index is 0.00000133. The molecule has 1 saturated carbocycles. The number of nitrogens with two attached hydrogens (primary N) is 1. The normalized spacial score (nSPS) is 13.4. The Hall–Kier alpha value is -4.33. The Morgan fingerprint density at radius 1 is 0.711 bits per heavy atom. The maximum Gasteiger partial charge on any atom is 0.154 e. The summed E-state index contributed by atoms with van der Waals surface area (Å²) in [5.41, 5.74) is 14.5. The molecule has 2 aromatic heterocycles. The van der Waals surface area contributed by atoms with Crippen molar-refractivity contribution in [2.45, 2.75) is 24.8 Å². The average molecular weight is 657 g/mol. The average Bonchev–Trinajstić information content (AvgIpc) is 3.35. The first-order chi connectivity index (χ1) is 20.7. The van der Waals surface area contributed by atoms with Crippen molar-refractivity contribution in [2.75, 3.05) is 5.32 Å². The predicted octanol–water partition coefficient (Wildman–Crippen LogP) is 9.72. The molecule has 4 aromatic carbocycles. The summed E-state index contributed by atoms with van der Waals surface area (Å²) in [4.78, 5) is 10.1. The van der Waals surface area contributed by atoms with Gasteiger partial charge in [0.15, 0.2) is 5.82 Å². The number of fused-ring (bicyclic) bond motifs is 5. The molecule has 0 radical (unpaired) electrons. The molecule has 1 aliphatic heterocycles. The number of benzene rings is 4. The zero-order valence-corrected chi connectivity index (χ0v) is 26.7. The molecule has 1 fully saturated rings. The number of hydrogen-bond acceptors (Lipinski definition) is 5. The van der Waals surface area contributed by atoms with E-state index in [2.05, 4.69) is 64.5 Å². The van der Waals surface area contributed by atoms with Crippen LogP contribution in [0.5, 0.6) is 11.5 Å². The van der Waals surface area contributed by atoms with Crippen LogP contribution in [0.1, 0.15) is 24.8 Å². The number of nitrogens with zero attached hydrogens (tertiary/aromatic N) is 3. The van der Waals surface area contributed by atoms with Crippen LogP contribution in [-0.2, 0) is 5.54 Å². The third-order valence-electron chi connectivity index (χ3n) is 8.41. The topological polar surface area (TPSA) is 78.0 Å². The third kappa shape index (κ3) is 5.67. The molecule has 0 bridgehead atoms. The van der Waals surface area contributed by atoms with Gasteiger partial charge in [-0.25, -0.2) is 9.97 Å². The van der Waals surface area contributed by atoms with E-state index >= 15 is 0 Å². The van der Waals surface area contributed by atoms with Crippen LogP contribution >= 0.6 is 37.2 Å². The van der Waals surface area contributed by atoms with Gasteiger partial charge >= 0.3 is 0 Å². The van der Waals surface area contributed by atoms with Gasteiger partial charge in [-0.3, -0.25) is 4.57 Å². The zero-order valence-electron chi connectivity index (χ0n) is 24.2. The summed E-state index contributed by atoms with van der Waals surface area (Å²) in [6, 6.07) is 39.0. The van der Waals surface area contributed by atoms with Crippen LogP contribution in [0.25, 0.3) is 39.6 Å². The lowest BCUT2D eigenvalue weighted by atomic mass is 9.72. The molecule has 0 amide bonds. The van der Waals surface area contributed by atoms with Crippen LogP contribution < -0.4 is 15.8 Å². The first-order valence-corrected chi connectivity index (χ1v) is 14.3. The number of hydrogen-bond donors (Lipinski definition) is 2. The third-order valence-corrected chi connectivity index (χ3v) is 8.41. The van der Waals surface area contributed by atoms with Gasteiger partial charge in [0, 0.05) is 28.4 Å². The maximum atomic E-state index is 6.69. The minimum absolute atomic E-state index is 0. The number of aromatic nitrogens is 3. The van der Waals surface area contributed by atoms with E-state index in [1.54, 1.807) is 0 Å². The van der Waals surface area contributed by atoms with Gasteiger partial charge in [-0.2, -0.15) is 0 Å². The summed E-state index contributed by atoms with van der Waals surface area (Å²) >= 11 is 0. The molecule has 6 aromatic rings. The fourth-order valence-electron chi connectivity index (χ4n) is 6.00. The molecular formula is C36H32Cl3N5O. The van der Waals surface area contributed by atoms with Crippen molar-refractivity contribution in [1.82, 2.24) is 14.5 Å². The van der Waals surface area contributed by atoms with Crippen LogP contribution in [0.3, 0.4) is 0 Å². The van der Waals surface area contributed by atoms with Gasteiger partial charge in [0.1, 0.15) is 17.3 Å². The highest BCUT2D eigenvalue weighted by Gasteiger charge is 2.34. The van der Waals surface area contributed by atoms with Gasteiger partial charge in [0.05, 0.1) is 22.8 Å². The Bertz CT molecular complexity index is 1920. The number of imidazole rings is 1. The van der Waals surface area contributed by atoms with E-state index < -0.39 is 0 Å². The molecular weight excluding hydrogens is 625 g/mol. The largest absolute Gasteiger partial charge is 0.457 e. The Labute approximate surface area is 280 Å². The second-order valence-corrected chi connectivity index (χ2v) is 11.0. The number of ether oxygens (including phenoxy) is 1. The second kappa shape index (κ2) is 13.0. The van der Waals surface area contributed by atoms with E-state index in [0.29, 0.717) is 0 Å². The molecule has 6 nitrogen and oxygen atoms in total. The van der Waals surface area contributed by atoms with Crippen molar-refractivity contribution in [2.24, 2.45) is 5.73 Å². The van der Waals surface area contributed by atoms with Crippen LogP contribution in [0.4, 0.5) is 11.5 Å². The van der Waals surface area contributed by atoms with Crippen LogP contribution in [-0.4, -0.2) is 14.5 Å². The van der Waals surface area contributed by atoms with E-state index in [4.69, 9.17) is 20.4 Å². The van der Waals surface area contributed by atoms with Crippen molar-refractivity contribution in [3.05, 3.63) is 127 Å². The van der Waals surface area contributed by atoms with Gasteiger partial charge < -0.3 is 15.8 Å². The van der Waals surface area contributed by atoms with E-state index in [0.717, 1.165) is 75.4 Å². The lowest BCUT2D eigenvalue weighted by molar-refractivity contribution is 0.253. The molecule has 0 atom stereocenters. The summed E-state index contributed by atoms with van der Waals surface area (Å²) in [5.74, 6) is 3.22. The van der Waals surface area contributed by atoms with Crippen LogP contribution in [0.2, 0.25) is 0 Å². The van der Waals surface area contributed by atoms with Crippen molar-refractivity contribution < 1.29 is 4.74 Å². The lowest BCUT2D eigenvalue weighted by Gasteiger charge is -2.38. The molecule has 45 heavy (non-hydrogen) atoms. The fourth-order valence-corrected chi connectivity index (χ4v) is 6.00. The fraction of sp³-hybridized carbons (Fsp3) is 0.111. The molecule has 0 spiro atoms. The smallest absolute Gasteiger partial charge is 0.154 e. The molecule has 3 heterocycles. The van der Waals surface area contributed by atoms with Crippen molar-refractivity contribution in [1.29, 1.82) is 0 Å². The first kappa shape index (κ1) is 32.1. The van der Waals surface area contributed by atoms with Gasteiger partial charge in [0.2, 0.25) is 0 Å². The van der Waals surface area contributed by atoms with E-state index in [1.807, 2.05) is 66.9 Å². The van der Waals surface area contributed by atoms with Crippen LogP contribution in [0, 0.1) is 0 Å². The molecule has 3 N–H and O–H groups in total. The number of rotatable bonds is 5. The minimum Gasteiger partial charge on any atom is -0.457 e. The Morgan fingerprint density at radius 3 is 2.09 bits per heavy atom. The van der Waals surface area contributed by atoms with Crippen molar-refractivity contribution >= 4 is 48.7 Å². The summed E-state index contributed by atoms with van der Waals surface area (Å²) < 4.78 is 8.32. The predicted molar refractivity (Wildman–Crippen MR) is 189 cm³/mol. The lowest BCUT2D eigenvalue weighted by Crippen LogP contribution is -2.43. The highest BCUT2D eigenvalue weighted by molar-refractivity contribution is 5.91. The molecule has 228 valence electrons. The number of halogens is 3. The SMILES string of the molecule is Cl.Cl.Cl.NC1(c2ccc(-c3c(-c4ccc(Oc5ccccc5)cc4)nc4n3-c3cccnc3Nc3ccccc3-4)cc2)CCC1. The Kier molecular flexibility index (Phi) is 9.23. The summed E-state index contributed by atoms with van der Waals surface area (Å²) in [6.45, 7) is 0. The molecule has 0 saturated heterocycles. The highest BCUT2D eigenvalue weighted by Crippen LogP contribution is 2.45. The monoisotopic (exact) mass is 655 g/mol. The maximum absolute atomic E-state index is 6.69. The van der Waals surface area contributed by atoms with Gasteiger partial charge in [-0.15, -0.1) is 37.2 Å². The molecule has 9 heteroatoms. The van der Waals surface area contributed by atoms with Gasteiger partial charge in [0.25, 0.3) is 0 Å². The molecule has 2 aliphatic rings. The van der Waals surface area contributed by atoms with Gasteiger partial charge in [-0.05, 0) is 85.5 Å². The number of nitrogens with one attached hydrogen (secondary N) is 1. The number of anilines is 2. The molecule has 0 unspecified atom stereocenters. The molecule has 1 aliphatic carbocycles. The van der Waals surface area contributed by atoms with E-state index in [9.17, 15) is 0 Å². The number of pyridine rings is 1. The zero-order chi connectivity index (χ0) is 28.1. The summed E-state index contributed by atoms with van der Waals surface area (Å²) in [7, 11) is 0. The second-order valence-electron chi connectivity index (χ2n) is 11.0. The quantitative estimate of drug-likeness (QED) is 0.193. The van der Waals surface area contributed by atoms with E-state index in [1.165, 1.54) is 12.0 Å². The number of para-hydroxylation sites is 2. The Morgan fingerprint density at radius 2 is 1.38 bits per heavy atom. The van der Waals surface area contributed by atoms with Crippen molar-refractivity contribution in [3.8, 4) is 51.1 Å². The first-order valence-electron chi connectivity index (χ1n) is 14.3. The molecule has 8 rings (SSSR count). The minimum atomic E-state index is -0.219. The van der Waals surface area contributed by atoms with E-state index in [-0.39, 0.29) is 42.8 Å². The summed E-state index contributed by atoms with van der Waals surface area (Å²) in [6.07, 6.45) is 5.05. The van der Waals surface area contributed by atoms with Crippen LogP contribution in [0.15, 0.2) is 121 Å². The standard InChI is InChI=1S/C36H29N5O.3ClH/c37-36(21-7-22-36)26-17-13-25(14-18-26)33-32(24-15-19-28(20-16-24)42-27-8-2-1-3-9-27)40-35-29-10-4-5-11-30(29)39-34-31(41(33)35)12-6-23-38-34;;;/h1-6,8-20,23H,7,21-22,37H2,(H,38,39);3*1H. The summed E-state index contributed by atoms with van der Waals surface area (Å²) in [5, 5.41) is 3.54.